The molecule has 1 heterocycles. The van der Waals surface area contributed by atoms with E-state index in [2.05, 4.69) is 34.5 Å². The third-order valence-electron chi connectivity index (χ3n) is 5.22. The lowest BCUT2D eigenvalue weighted by atomic mass is 9.98. The quantitative estimate of drug-likeness (QED) is 0.605. The first-order chi connectivity index (χ1) is 14.0. The van der Waals surface area contributed by atoms with Gasteiger partial charge in [-0.15, -0.1) is 0 Å². The molecule has 2 aromatic carbocycles. The van der Waals surface area contributed by atoms with Gasteiger partial charge in [0.25, 0.3) is 5.91 Å². The van der Waals surface area contributed by atoms with Gasteiger partial charge >= 0.3 is 0 Å². The minimum absolute atomic E-state index is 0.503. The van der Waals surface area contributed by atoms with Crippen LogP contribution >= 0.6 is 23.2 Å². The maximum atomic E-state index is 13.3. The van der Waals surface area contributed by atoms with Crippen molar-refractivity contribution < 1.29 is 14.3 Å². The molecule has 0 spiro atoms. The first-order valence-electron chi connectivity index (χ1n) is 9.72. The zero-order chi connectivity index (χ0) is 20.8. The second-order valence-corrected chi connectivity index (χ2v) is 8.41. The lowest BCUT2D eigenvalue weighted by molar-refractivity contribution is -0.121. The number of rotatable bonds is 8. The fraction of sp³-hybridized carbons (Fsp3) is 0.409. The lowest BCUT2D eigenvalue weighted by Gasteiger charge is -2.22. The predicted molar refractivity (Wildman–Crippen MR) is 115 cm³/mol. The maximum absolute atomic E-state index is 13.3. The number of aliphatic hydroxyl groups excluding tert-OH is 1. The molecule has 2 N–H and O–H groups in total. The van der Waals surface area contributed by atoms with Crippen LogP contribution in [0.4, 0.5) is 4.39 Å². The average Bonchev–Trinajstić information content (AvgIpc) is 3.25. The Hall–Kier alpha value is -1.66. The molecule has 29 heavy (non-hydrogen) atoms. The summed E-state index contributed by atoms with van der Waals surface area (Å²) in [5, 5.41) is 12.7. The van der Waals surface area contributed by atoms with E-state index < -0.39 is 29.6 Å². The SMILES string of the molecule is O=C(NC(CF)C(O)c1ccc(-c2ccc(CN3CCCC3)cc2)cc1)C(Cl)Cl. The smallest absolute Gasteiger partial charge is 0.253 e. The van der Waals surface area contributed by atoms with Gasteiger partial charge in [0.2, 0.25) is 0 Å². The number of carbonyl (C=O) groups is 1. The van der Waals surface area contributed by atoms with Crippen molar-refractivity contribution >= 4 is 29.1 Å². The minimum Gasteiger partial charge on any atom is -0.386 e. The van der Waals surface area contributed by atoms with E-state index in [4.69, 9.17) is 23.2 Å². The molecule has 1 fully saturated rings. The third kappa shape index (κ3) is 5.92. The van der Waals surface area contributed by atoms with E-state index in [-0.39, 0.29) is 0 Å². The van der Waals surface area contributed by atoms with E-state index in [1.807, 2.05) is 12.1 Å². The van der Waals surface area contributed by atoms with Crippen molar-refractivity contribution in [3.05, 3.63) is 59.7 Å². The molecule has 1 aliphatic heterocycles. The van der Waals surface area contributed by atoms with Crippen molar-refractivity contribution in [2.24, 2.45) is 0 Å². The summed E-state index contributed by atoms with van der Waals surface area (Å²) in [5.74, 6) is -0.735. The van der Waals surface area contributed by atoms with Gasteiger partial charge in [-0.1, -0.05) is 71.7 Å². The second-order valence-electron chi connectivity index (χ2n) is 7.32. The number of hydrogen-bond acceptors (Lipinski definition) is 3. The molecule has 1 saturated heterocycles. The molecule has 0 aromatic heterocycles. The number of benzene rings is 2. The zero-order valence-corrected chi connectivity index (χ0v) is 17.5. The summed E-state index contributed by atoms with van der Waals surface area (Å²) < 4.78 is 13.3. The number of amides is 1. The van der Waals surface area contributed by atoms with Crippen molar-refractivity contribution in [1.82, 2.24) is 10.2 Å². The molecule has 4 nitrogen and oxygen atoms in total. The number of alkyl halides is 3. The van der Waals surface area contributed by atoms with Crippen molar-refractivity contribution in [2.75, 3.05) is 19.8 Å². The molecule has 0 radical (unpaired) electrons. The first kappa shape index (κ1) is 22.0. The lowest BCUT2D eigenvalue weighted by Crippen LogP contribution is -2.43. The van der Waals surface area contributed by atoms with Crippen LogP contribution in [0.1, 0.15) is 30.1 Å². The standard InChI is InChI=1S/C22H25Cl2FN2O2/c23-21(24)22(29)26-19(13-25)20(28)18-9-7-17(8-10-18)16-5-3-15(4-6-16)14-27-11-1-2-12-27/h3-10,19-21,28H,1-2,11-14H2,(H,26,29). The monoisotopic (exact) mass is 438 g/mol. The van der Waals surface area contributed by atoms with E-state index in [1.54, 1.807) is 12.1 Å². The van der Waals surface area contributed by atoms with E-state index in [1.165, 1.54) is 31.5 Å². The van der Waals surface area contributed by atoms with Gasteiger partial charge in [0.05, 0.1) is 6.04 Å². The number of nitrogens with zero attached hydrogens (tertiary/aromatic N) is 1. The van der Waals surface area contributed by atoms with Gasteiger partial charge in [-0.25, -0.2) is 4.39 Å². The van der Waals surface area contributed by atoms with E-state index in [0.29, 0.717) is 5.56 Å². The summed E-state index contributed by atoms with van der Waals surface area (Å²) in [6.45, 7) is 2.38. The molecule has 1 amide bonds. The van der Waals surface area contributed by atoms with Crippen LogP contribution < -0.4 is 5.32 Å². The van der Waals surface area contributed by atoms with Crippen LogP contribution in [0, 0.1) is 0 Å². The van der Waals surface area contributed by atoms with Crippen LogP contribution in [-0.4, -0.2) is 46.6 Å². The number of carbonyl (C=O) groups excluding carboxylic acids is 1. The maximum Gasteiger partial charge on any atom is 0.253 e. The molecule has 0 bridgehead atoms. The molecule has 0 saturated carbocycles. The number of nitrogens with one attached hydrogen (secondary N) is 1. The highest BCUT2D eigenvalue weighted by molar-refractivity contribution is 6.53. The van der Waals surface area contributed by atoms with Gasteiger partial charge in [-0.2, -0.15) is 0 Å². The Kier molecular flexibility index (Phi) is 7.90. The Bertz CT molecular complexity index is 793. The molecular formula is C22H25Cl2FN2O2. The van der Waals surface area contributed by atoms with E-state index >= 15 is 0 Å². The van der Waals surface area contributed by atoms with Crippen LogP contribution in [0.5, 0.6) is 0 Å². The molecule has 3 rings (SSSR count). The van der Waals surface area contributed by atoms with Crippen LogP contribution in [0.15, 0.2) is 48.5 Å². The second kappa shape index (κ2) is 10.4. The molecule has 2 unspecified atom stereocenters. The van der Waals surface area contributed by atoms with Crippen LogP contribution in [0.25, 0.3) is 11.1 Å². The molecule has 1 aliphatic rings. The molecule has 156 valence electrons. The van der Waals surface area contributed by atoms with E-state index in [9.17, 15) is 14.3 Å². The van der Waals surface area contributed by atoms with Gasteiger partial charge in [0.15, 0.2) is 4.84 Å². The summed E-state index contributed by atoms with van der Waals surface area (Å²) in [5.41, 5.74) is 3.86. The third-order valence-corrected chi connectivity index (χ3v) is 5.61. The summed E-state index contributed by atoms with van der Waals surface area (Å²) in [6.07, 6.45) is 1.36. The van der Waals surface area contributed by atoms with Gasteiger partial charge in [-0.3, -0.25) is 9.69 Å². The van der Waals surface area contributed by atoms with Crippen LogP contribution in [0.2, 0.25) is 0 Å². The molecule has 7 heteroatoms. The number of halogens is 3. The van der Waals surface area contributed by atoms with Gasteiger partial charge in [-0.05, 0) is 48.2 Å². The highest BCUT2D eigenvalue weighted by Crippen LogP contribution is 2.25. The molecule has 2 atom stereocenters. The summed E-state index contributed by atoms with van der Waals surface area (Å²) in [7, 11) is 0. The molecule has 2 aromatic rings. The zero-order valence-electron chi connectivity index (χ0n) is 16.0. The fourth-order valence-electron chi connectivity index (χ4n) is 3.55. The topological polar surface area (TPSA) is 52.6 Å². The Balaban J connectivity index is 1.64. The van der Waals surface area contributed by atoms with E-state index in [0.717, 1.165) is 17.7 Å². The Morgan fingerprint density at radius 3 is 2.10 bits per heavy atom. The number of likely N-dealkylation sites (tertiary alicyclic amines) is 1. The number of aliphatic hydroxyl groups is 1. The van der Waals surface area contributed by atoms with Gasteiger partial charge < -0.3 is 10.4 Å². The van der Waals surface area contributed by atoms with Crippen LogP contribution in [0.3, 0.4) is 0 Å². The van der Waals surface area contributed by atoms with Crippen LogP contribution in [-0.2, 0) is 11.3 Å². The predicted octanol–water partition coefficient (Wildman–Crippen LogP) is 4.24. The normalized spacial score (nSPS) is 16.7. The minimum atomic E-state index is -1.31. The Labute approximate surface area is 180 Å². The van der Waals surface area contributed by atoms with Crippen molar-refractivity contribution in [1.29, 1.82) is 0 Å². The average molecular weight is 439 g/mol. The van der Waals surface area contributed by atoms with Crippen molar-refractivity contribution in [3.8, 4) is 11.1 Å². The summed E-state index contributed by atoms with van der Waals surface area (Å²) in [4.78, 5) is 12.7. The molecule has 0 aliphatic carbocycles. The summed E-state index contributed by atoms with van der Waals surface area (Å²) >= 11 is 10.9. The number of hydrogen-bond donors (Lipinski definition) is 2. The highest BCUT2D eigenvalue weighted by Gasteiger charge is 2.25. The highest BCUT2D eigenvalue weighted by atomic mass is 35.5. The van der Waals surface area contributed by atoms with Crippen molar-refractivity contribution in [3.63, 3.8) is 0 Å². The van der Waals surface area contributed by atoms with Gasteiger partial charge in [0.1, 0.15) is 12.8 Å². The van der Waals surface area contributed by atoms with Gasteiger partial charge in [0, 0.05) is 6.54 Å². The summed E-state index contributed by atoms with van der Waals surface area (Å²) in [6, 6.07) is 14.5. The fourth-order valence-corrected chi connectivity index (χ4v) is 3.68. The molecular weight excluding hydrogens is 414 g/mol. The Morgan fingerprint density at radius 2 is 1.59 bits per heavy atom. The largest absolute Gasteiger partial charge is 0.386 e. The first-order valence-corrected chi connectivity index (χ1v) is 10.6. The van der Waals surface area contributed by atoms with Crippen molar-refractivity contribution in [2.45, 2.75) is 36.4 Å². The Morgan fingerprint density at radius 1 is 1.03 bits per heavy atom.